The first-order valence-electron chi connectivity index (χ1n) is 11.4. The van der Waals surface area contributed by atoms with Gasteiger partial charge in [-0.3, -0.25) is 0 Å². The van der Waals surface area contributed by atoms with Crippen molar-refractivity contribution in [1.82, 2.24) is 9.88 Å². The summed E-state index contributed by atoms with van der Waals surface area (Å²) in [5.74, 6) is 0.704. The van der Waals surface area contributed by atoms with Gasteiger partial charge in [-0.1, -0.05) is 19.1 Å². The van der Waals surface area contributed by atoms with Crippen molar-refractivity contribution in [3.8, 4) is 11.3 Å². The lowest BCUT2D eigenvalue weighted by molar-refractivity contribution is 0.0213. The number of likely N-dealkylation sites (tertiary alicyclic amines) is 1. The minimum atomic E-state index is -0.433. The summed E-state index contributed by atoms with van der Waals surface area (Å²) in [6, 6.07) is 7.00. The maximum atomic E-state index is 12.3. The van der Waals surface area contributed by atoms with Crippen LogP contribution in [0.3, 0.4) is 0 Å². The average molecular weight is 428 g/mol. The molecule has 4 rings (SSSR count). The fraction of sp³-hybridized carbons (Fsp3) is 0.600. The van der Waals surface area contributed by atoms with Gasteiger partial charge in [0.2, 0.25) is 5.51 Å². The van der Waals surface area contributed by atoms with Crippen LogP contribution >= 0.6 is 10.5 Å². The number of thiazole rings is 1. The van der Waals surface area contributed by atoms with Gasteiger partial charge in [-0.05, 0) is 69.6 Å². The predicted molar refractivity (Wildman–Crippen MR) is 124 cm³/mol. The number of fused-ring (bicyclic) bond motifs is 1. The predicted octanol–water partition coefficient (Wildman–Crippen LogP) is 6.90. The highest BCUT2D eigenvalue weighted by atomic mass is 32.2. The third kappa shape index (κ3) is 4.72. The maximum Gasteiger partial charge on any atom is 0.410 e. The van der Waals surface area contributed by atoms with Gasteiger partial charge >= 0.3 is 6.09 Å². The Bertz CT molecular complexity index is 891. The van der Waals surface area contributed by atoms with Gasteiger partial charge < -0.3 is 9.64 Å². The SMILES string of the molecule is CCC1CCCc2ccc(-c3c[s+](C4CCN(C(=O)OC(C)(C)C)CC4)cn3)cc21. The lowest BCUT2D eigenvalue weighted by Crippen LogP contribution is -2.40. The summed E-state index contributed by atoms with van der Waals surface area (Å²) < 4.78 is 5.53. The topological polar surface area (TPSA) is 42.4 Å². The molecule has 2 aliphatic rings. The minimum absolute atomic E-state index is 0.0638. The molecule has 2 atom stereocenters. The minimum Gasteiger partial charge on any atom is -0.444 e. The van der Waals surface area contributed by atoms with Crippen molar-refractivity contribution < 1.29 is 9.53 Å². The van der Waals surface area contributed by atoms with Gasteiger partial charge in [0, 0.05) is 42.0 Å². The van der Waals surface area contributed by atoms with Crippen molar-refractivity contribution in [3.63, 3.8) is 0 Å². The zero-order valence-corrected chi connectivity index (χ0v) is 19.6. The van der Waals surface area contributed by atoms with Crippen molar-refractivity contribution in [2.24, 2.45) is 0 Å². The molecule has 5 heteroatoms. The first-order valence-corrected chi connectivity index (χ1v) is 12.8. The Kier molecular flexibility index (Phi) is 6.19. The van der Waals surface area contributed by atoms with Gasteiger partial charge in [0.25, 0.3) is 0 Å². The van der Waals surface area contributed by atoms with Crippen LogP contribution in [0.5, 0.6) is 0 Å². The maximum absolute atomic E-state index is 12.3. The van der Waals surface area contributed by atoms with E-state index in [1.54, 1.807) is 5.56 Å². The molecule has 0 spiro atoms. The van der Waals surface area contributed by atoms with Crippen molar-refractivity contribution in [1.29, 1.82) is 0 Å². The highest BCUT2D eigenvalue weighted by Gasteiger charge is 2.32. The van der Waals surface area contributed by atoms with Crippen molar-refractivity contribution >= 4 is 16.6 Å². The molecule has 2 unspecified atom stereocenters. The normalized spacial score (nSPS) is 20.7. The van der Waals surface area contributed by atoms with Crippen LogP contribution < -0.4 is 0 Å². The van der Waals surface area contributed by atoms with Gasteiger partial charge in [-0.25, -0.2) is 4.79 Å². The number of carbonyl (C=O) groups excluding carboxylic acids is 1. The molecular formula is C25H35N2O2S+. The molecule has 0 saturated carbocycles. The molecule has 0 radical (unpaired) electrons. The summed E-state index contributed by atoms with van der Waals surface area (Å²) in [6.07, 6.45) is 6.92. The fourth-order valence-electron chi connectivity index (χ4n) is 4.75. The van der Waals surface area contributed by atoms with E-state index in [1.807, 2.05) is 25.7 Å². The molecule has 1 saturated heterocycles. The summed E-state index contributed by atoms with van der Waals surface area (Å²) in [6.45, 7) is 9.62. The van der Waals surface area contributed by atoms with Crippen LogP contribution in [0.1, 0.15) is 82.1 Å². The summed E-state index contributed by atoms with van der Waals surface area (Å²) >= 11 is 0. The largest absolute Gasteiger partial charge is 0.444 e. The number of piperidine rings is 1. The van der Waals surface area contributed by atoms with E-state index >= 15 is 0 Å². The number of benzene rings is 1. The molecule has 162 valence electrons. The van der Waals surface area contributed by atoms with Crippen molar-refractivity contribution in [3.05, 3.63) is 40.2 Å². The van der Waals surface area contributed by atoms with Crippen molar-refractivity contribution in [2.45, 2.75) is 83.0 Å². The molecule has 1 aliphatic heterocycles. The molecule has 1 aliphatic carbocycles. The molecule has 1 fully saturated rings. The molecule has 0 N–H and O–H groups in total. The number of nitrogens with zero attached hydrogens (tertiary/aromatic N) is 2. The second-order valence-electron chi connectivity index (χ2n) is 9.72. The summed E-state index contributed by atoms with van der Waals surface area (Å²) in [4.78, 5) is 19.0. The van der Waals surface area contributed by atoms with Crippen molar-refractivity contribution in [2.75, 3.05) is 13.1 Å². The molecule has 4 nitrogen and oxygen atoms in total. The van der Waals surface area contributed by atoms with E-state index in [-0.39, 0.29) is 16.6 Å². The van der Waals surface area contributed by atoms with E-state index in [0.29, 0.717) is 11.2 Å². The second-order valence-corrected chi connectivity index (χ2v) is 11.7. The Hall–Kier alpha value is -1.88. The number of rotatable bonds is 3. The van der Waals surface area contributed by atoms with Gasteiger partial charge in [0.15, 0.2) is 5.38 Å². The molecule has 1 aromatic heterocycles. The number of hydrogen-bond acceptors (Lipinski definition) is 3. The smallest absolute Gasteiger partial charge is 0.410 e. The highest BCUT2D eigenvalue weighted by molar-refractivity contribution is 7.29. The Labute approximate surface area is 183 Å². The lowest BCUT2D eigenvalue weighted by Gasteiger charge is -2.31. The van der Waals surface area contributed by atoms with E-state index < -0.39 is 5.60 Å². The molecule has 0 bridgehead atoms. The first kappa shape index (κ1) is 21.4. The van der Waals surface area contributed by atoms with E-state index in [2.05, 4.69) is 36.0 Å². The fourth-order valence-corrected chi connectivity index (χ4v) is 6.62. The quantitative estimate of drug-likeness (QED) is 0.500. The zero-order chi connectivity index (χ0) is 21.3. The average Bonchev–Trinajstić information content (AvgIpc) is 3.22. The van der Waals surface area contributed by atoms with Gasteiger partial charge in [0.05, 0.1) is 0 Å². The molecule has 1 aromatic carbocycles. The Morgan fingerprint density at radius 1 is 1.23 bits per heavy atom. The molecular weight excluding hydrogens is 392 g/mol. The van der Waals surface area contributed by atoms with Crippen LogP contribution in [0.2, 0.25) is 0 Å². The van der Waals surface area contributed by atoms with Gasteiger partial charge in [-0.2, -0.15) is 4.98 Å². The van der Waals surface area contributed by atoms with E-state index in [4.69, 9.17) is 9.72 Å². The van der Waals surface area contributed by atoms with Crippen LogP contribution in [0.15, 0.2) is 29.1 Å². The molecule has 30 heavy (non-hydrogen) atoms. The molecule has 1 amide bonds. The summed E-state index contributed by atoms with van der Waals surface area (Å²) in [7, 11) is 0.0638. The number of hydrogen-bond donors (Lipinski definition) is 0. The van der Waals surface area contributed by atoms with Gasteiger partial charge in [0.1, 0.15) is 16.5 Å². The molecule has 2 heterocycles. The second kappa shape index (κ2) is 8.70. The van der Waals surface area contributed by atoms with Crippen LogP contribution in [0, 0.1) is 0 Å². The van der Waals surface area contributed by atoms with E-state index in [0.717, 1.165) is 31.6 Å². The lowest BCUT2D eigenvalue weighted by atomic mass is 9.80. The number of amides is 1. The van der Waals surface area contributed by atoms with E-state index in [1.165, 1.54) is 36.8 Å². The number of ether oxygens (including phenoxy) is 1. The monoisotopic (exact) mass is 427 g/mol. The number of carbonyl (C=O) groups is 1. The molecule has 2 aromatic rings. The van der Waals surface area contributed by atoms with Crippen LogP contribution in [-0.4, -0.2) is 34.7 Å². The van der Waals surface area contributed by atoms with Gasteiger partial charge in [-0.15, -0.1) is 0 Å². The first-order chi connectivity index (χ1) is 14.3. The Morgan fingerprint density at radius 3 is 2.70 bits per heavy atom. The van der Waals surface area contributed by atoms with Crippen LogP contribution in [0.25, 0.3) is 11.3 Å². The van der Waals surface area contributed by atoms with Crippen LogP contribution in [0.4, 0.5) is 4.79 Å². The number of aryl methyl sites for hydroxylation is 1. The third-order valence-electron chi connectivity index (χ3n) is 6.41. The highest BCUT2D eigenvalue weighted by Crippen LogP contribution is 2.42. The number of aromatic nitrogens is 1. The summed E-state index contributed by atoms with van der Waals surface area (Å²) in [5, 5.41) is 2.95. The van der Waals surface area contributed by atoms with E-state index in [9.17, 15) is 4.79 Å². The zero-order valence-electron chi connectivity index (χ0n) is 18.8. The Balaban J connectivity index is 1.43. The third-order valence-corrected chi connectivity index (χ3v) is 8.50. The Morgan fingerprint density at radius 2 is 2.00 bits per heavy atom. The standard InChI is InChI=1S/C25H35N2O2S/c1-5-18-7-6-8-19-9-10-20(15-22(18)19)23-16-30(17-26-23)21-11-13-27(14-12-21)24(28)29-25(2,3)4/h9-10,15-18,21H,5-8,11-14H2,1-4H3/q+1. The summed E-state index contributed by atoms with van der Waals surface area (Å²) in [5.41, 5.74) is 7.21. The van der Waals surface area contributed by atoms with Crippen LogP contribution in [-0.2, 0) is 11.2 Å².